The van der Waals surface area contributed by atoms with Crippen LogP contribution in [0.15, 0.2) is 36.5 Å². The van der Waals surface area contributed by atoms with Gasteiger partial charge in [-0.25, -0.2) is 4.98 Å². The standard InChI is InChI=1S/C19H22N2O2/c1-13-5-6-14(2)17(10-13)15-7-8-18(20-11-15)21-9-3-4-16(12-21)19(22)23/h5-8,10-11,16H,3-4,9,12H2,1-2H3,(H,22,23). The minimum absolute atomic E-state index is 0.288. The normalized spacial score (nSPS) is 18.0. The Kier molecular flexibility index (Phi) is 4.33. The second-order valence-electron chi connectivity index (χ2n) is 6.35. The van der Waals surface area contributed by atoms with E-state index in [1.54, 1.807) is 0 Å². The lowest BCUT2D eigenvalue weighted by Crippen LogP contribution is -2.39. The molecular weight excluding hydrogens is 288 g/mol. The number of aromatic nitrogens is 1. The summed E-state index contributed by atoms with van der Waals surface area (Å²) in [5.41, 5.74) is 4.76. The molecule has 0 saturated carbocycles. The maximum absolute atomic E-state index is 11.2. The molecule has 0 radical (unpaired) electrons. The van der Waals surface area contributed by atoms with Gasteiger partial charge in [-0.2, -0.15) is 0 Å². The van der Waals surface area contributed by atoms with Crippen molar-refractivity contribution in [2.45, 2.75) is 26.7 Å². The molecule has 1 saturated heterocycles. The maximum Gasteiger partial charge on any atom is 0.308 e. The molecule has 2 aromatic rings. The van der Waals surface area contributed by atoms with E-state index in [9.17, 15) is 9.90 Å². The van der Waals surface area contributed by atoms with Crippen molar-refractivity contribution in [2.75, 3.05) is 18.0 Å². The van der Waals surface area contributed by atoms with Crippen molar-refractivity contribution in [3.63, 3.8) is 0 Å². The highest BCUT2D eigenvalue weighted by Crippen LogP contribution is 2.27. The van der Waals surface area contributed by atoms with E-state index in [1.165, 1.54) is 16.7 Å². The molecule has 4 nitrogen and oxygen atoms in total. The lowest BCUT2D eigenvalue weighted by Gasteiger charge is -2.31. The molecule has 2 heterocycles. The third kappa shape index (κ3) is 3.36. The molecule has 1 aromatic carbocycles. The first-order valence-electron chi connectivity index (χ1n) is 8.06. The van der Waals surface area contributed by atoms with E-state index in [0.717, 1.165) is 30.8 Å². The quantitative estimate of drug-likeness (QED) is 0.940. The Morgan fingerprint density at radius 1 is 1.26 bits per heavy atom. The fourth-order valence-electron chi connectivity index (χ4n) is 3.17. The maximum atomic E-state index is 11.2. The summed E-state index contributed by atoms with van der Waals surface area (Å²) in [4.78, 5) is 17.8. The Morgan fingerprint density at radius 3 is 2.78 bits per heavy atom. The van der Waals surface area contributed by atoms with Gasteiger partial charge in [0.1, 0.15) is 5.82 Å². The molecule has 23 heavy (non-hydrogen) atoms. The summed E-state index contributed by atoms with van der Waals surface area (Å²) >= 11 is 0. The number of benzene rings is 1. The molecular formula is C19H22N2O2. The van der Waals surface area contributed by atoms with Gasteiger partial charge >= 0.3 is 5.97 Å². The van der Waals surface area contributed by atoms with Gasteiger partial charge in [-0.3, -0.25) is 4.79 Å². The van der Waals surface area contributed by atoms with Crippen molar-refractivity contribution in [3.05, 3.63) is 47.7 Å². The van der Waals surface area contributed by atoms with E-state index >= 15 is 0 Å². The summed E-state index contributed by atoms with van der Waals surface area (Å²) in [6.45, 7) is 5.61. The lowest BCUT2D eigenvalue weighted by molar-refractivity contribution is -0.141. The molecule has 1 atom stereocenters. The van der Waals surface area contributed by atoms with E-state index in [2.05, 4.69) is 48.0 Å². The number of carboxylic acid groups (broad SMARTS) is 1. The van der Waals surface area contributed by atoms with Crippen LogP contribution in [0.25, 0.3) is 11.1 Å². The van der Waals surface area contributed by atoms with Crippen molar-refractivity contribution in [3.8, 4) is 11.1 Å². The highest BCUT2D eigenvalue weighted by Gasteiger charge is 2.25. The second-order valence-corrected chi connectivity index (χ2v) is 6.35. The number of aliphatic carboxylic acids is 1. The van der Waals surface area contributed by atoms with Crippen molar-refractivity contribution in [1.82, 2.24) is 4.98 Å². The van der Waals surface area contributed by atoms with Gasteiger partial charge < -0.3 is 10.0 Å². The third-order valence-electron chi connectivity index (χ3n) is 4.55. The predicted octanol–water partition coefficient (Wildman–Crippen LogP) is 3.67. The Hall–Kier alpha value is -2.36. The second kappa shape index (κ2) is 6.41. The SMILES string of the molecule is Cc1ccc(C)c(-c2ccc(N3CCCC(C(=O)O)C3)nc2)c1. The summed E-state index contributed by atoms with van der Waals surface area (Å²) in [7, 11) is 0. The molecule has 0 bridgehead atoms. The largest absolute Gasteiger partial charge is 0.481 e. The number of carbonyl (C=O) groups is 1. The Bertz CT molecular complexity index is 710. The number of pyridine rings is 1. The van der Waals surface area contributed by atoms with Crippen LogP contribution in [0.1, 0.15) is 24.0 Å². The van der Waals surface area contributed by atoms with Gasteiger partial charge in [-0.15, -0.1) is 0 Å². The van der Waals surface area contributed by atoms with Gasteiger partial charge in [-0.05, 0) is 49.9 Å². The zero-order chi connectivity index (χ0) is 16.4. The average Bonchev–Trinajstić information content (AvgIpc) is 2.57. The smallest absolute Gasteiger partial charge is 0.308 e. The Morgan fingerprint density at radius 2 is 2.09 bits per heavy atom. The average molecular weight is 310 g/mol. The molecule has 0 amide bonds. The van der Waals surface area contributed by atoms with Crippen LogP contribution in [0, 0.1) is 19.8 Å². The molecule has 1 unspecified atom stereocenters. The highest BCUT2D eigenvalue weighted by atomic mass is 16.4. The number of carboxylic acids is 1. The summed E-state index contributed by atoms with van der Waals surface area (Å²) in [5, 5.41) is 9.21. The van der Waals surface area contributed by atoms with Gasteiger partial charge in [0.15, 0.2) is 0 Å². The number of hydrogen-bond acceptors (Lipinski definition) is 3. The van der Waals surface area contributed by atoms with Crippen LogP contribution in [-0.2, 0) is 4.79 Å². The van der Waals surface area contributed by atoms with Crippen LogP contribution < -0.4 is 4.90 Å². The summed E-state index contributed by atoms with van der Waals surface area (Å²) in [6, 6.07) is 10.5. The van der Waals surface area contributed by atoms with Gasteiger partial charge in [0, 0.05) is 24.8 Å². The summed E-state index contributed by atoms with van der Waals surface area (Å²) in [6.07, 6.45) is 3.55. The minimum atomic E-state index is -0.707. The fourth-order valence-corrected chi connectivity index (χ4v) is 3.17. The highest BCUT2D eigenvalue weighted by molar-refractivity contribution is 5.71. The number of aryl methyl sites for hydroxylation is 2. The minimum Gasteiger partial charge on any atom is -0.481 e. The molecule has 3 rings (SSSR count). The zero-order valence-electron chi connectivity index (χ0n) is 13.6. The monoisotopic (exact) mass is 310 g/mol. The van der Waals surface area contributed by atoms with Gasteiger partial charge in [-0.1, -0.05) is 23.8 Å². The van der Waals surface area contributed by atoms with Crippen LogP contribution in [0.3, 0.4) is 0 Å². The molecule has 1 aromatic heterocycles. The van der Waals surface area contributed by atoms with Crippen LogP contribution in [-0.4, -0.2) is 29.1 Å². The van der Waals surface area contributed by atoms with E-state index in [1.807, 2.05) is 12.3 Å². The van der Waals surface area contributed by atoms with Crippen molar-refractivity contribution < 1.29 is 9.90 Å². The molecule has 1 aliphatic heterocycles. The third-order valence-corrected chi connectivity index (χ3v) is 4.55. The summed E-state index contributed by atoms with van der Waals surface area (Å²) in [5.74, 6) is -0.129. The van der Waals surface area contributed by atoms with E-state index < -0.39 is 5.97 Å². The molecule has 1 N–H and O–H groups in total. The van der Waals surface area contributed by atoms with Crippen LogP contribution in [0.5, 0.6) is 0 Å². The lowest BCUT2D eigenvalue weighted by atomic mass is 9.98. The number of piperidine rings is 1. The molecule has 4 heteroatoms. The van der Waals surface area contributed by atoms with Crippen LogP contribution in [0.4, 0.5) is 5.82 Å². The first-order chi connectivity index (χ1) is 11.0. The van der Waals surface area contributed by atoms with Gasteiger partial charge in [0.25, 0.3) is 0 Å². The molecule has 1 fully saturated rings. The topological polar surface area (TPSA) is 53.4 Å². The molecule has 120 valence electrons. The molecule has 0 spiro atoms. The summed E-state index contributed by atoms with van der Waals surface area (Å²) < 4.78 is 0. The number of anilines is 1. The zero-order valence-corrected chi connectivity index (χ0v) is 13.6. The van der Waals surface area contributed by atoms with Crippen LogP contribution >= 0.6 is 0 Å². The van der Waals surface area contributed by atoms with E-state index in [-0.39, 0.29) is 5.92 Å². The first-order valence-corrected chi connectivity index (χ1v) is 8.06. The van der Waals surface area contributed by atoms with Crippen LogP contribution in [0.2, 0.25) is 0 Å². The first kappa shape index (κ1) is 15.5. The molecule has 0 aliphatic carbocycles. The van der Waals surface area contributed by atoms with E-state index in [4.69, 9.17) is 0 Å². The Balaban J connectivity index is 1.82. The number of nitrogens with zero attached hydrogens (tertiary/aromatic N) is 2. The number of rotatable bonds is 3. The fraction of sp³-hybridized carbons (Fsp3) is 0.368. The Labute approximate surface area is 136 Å². The van der Waals surface area contributed by atoms with E-state index in [0.29, 0.717) is 6.54 Å². The number of hydrogen-bond donors (Lipinski definition) is 1. The predicted molar refractivity (Wildman–Crippen MR) is 91.7 cm³/mol. The van der Waals surface area contributed by atoms with Crippen molar-refractivity contribution >= 4 is 11.8 Å². The molecule has 1 aliphatic rings. The van der Waals surface area contributed by atoms with Gasteiger partial charge in [0.05, 0.1) is 5.92 Å². The van der Waals surface area contributed by atoms with Gasteiger partial charge in [0.2, 0.25) is 0 Å². The van der Waals surface area contributed by atoms with Crippen molar-refractivity contribution in [1.29, 1.82) is 0 Å². The van der Waals surface area contributed by atoms with Crippen molar-refractivity contribution in [2.24, 2.45) is 5.92 Å².